The highest BCUT2D eigenvalue weighted by molar-refractivity contribution is 6.36. The number of hydrogen-bond acceptors (Lipinski definition) is 4. The van der Waals surface area contributed by atoms with Crippen LogP contribution in [-0.4, -0.2) is 55.6 Å². The van der Waals surface area contributed by atoms with Gasteiger partial charge in [0.25, 0.3) is 0 Å². The molecule has 2 atom stereocenters. The number of nitrogens with zero attached hydrogens (tertiary/aromatic N) is 2. The van der Waals surface area contributed by atoms with E-state index in [0.29, 0.717) is 54.9 Å². The molecule has 0 aliphatic carbocycles. The molecule has 24 heavy (non-hydrogen) atoms. The van der Waals surface area contributed by atoms with Gasteiger partial charge in [-0.1, -0.05) is 23.2 Å². The Balaban J connectivity index is 1.74. The molecule has 1 aromatic carbocycles. The minimum atomic E-state index is -0.684. The Kier molecular flexibility index (Phi) is 5.30. The fourth-order valence-corrected chi connectivity index (χ4v) is 3.51. The number of rotatable bonds is 3. The maximum atomic E-state index is 12.7. The van der Waals surface area contributed by atoms with Crippen LogP contribution in [-0.2, 0) is 14.3 Å². The van der Waals surface area contributed by atoms with Crippen LogP contribution in [0.25, 0.3) is 0 Å². The summed E-state index contributed by atoms with van der Waals surface area (Å²) in [4.78, 5) is 28.7. The molecule has 2 aliphatic heterocycles. The number of benzene rings is 1. The van der Waals surface area contributed by atoms with E-state index in [2.05, 4.69) is 0 Å². The minimum Gasteiger partial charge on any atom is -0.373 e. The number of carbonyl (C=O) groups is 2. The predicted octanol–water partition coefficient (Wildman–Crippen LogP) is 1.53. The van der Waals surface area contributed by atoms with Crippen LogP contribution < -0.4 is 10.6 Å². The van der Waals surface area contributed by atoms with E-state index >= 15 is 0 Å². The van der Waals surface area contributed by atoms with Crippen LogP contribution in [0.3, 0.4) is 0 Å². The number of carbonyl (C=O) groups excluding carboxylic acids is 2. The van der Waals surface area contributed by atoms with Gasteiger partial charge in [0, 0.05) is 31.2 Å². The molecular formula is C16H19Cl2N3O3. The van der Waals surface area contributed by atoms with Crippen molar-refractivity contribution >= 4 is 40.7 Å². The molecule has 0 aromatic heterocycles. The molecule has 6 nitrogen and oxygen atoms in total. The standard InChI is InChI=1S/C16H19Cl2N3O3/c17-10-1-2-13(18)14(7-10)21-4-3-12(16(21)23)15(22)20-5-6-24-11(8-19)9-20/h1-2,7,11-12H,3-6,8-9,19H2. The average molecular weight is 372 g/mol. The van der Waals surface area contributed by atoms with Gasteiger partial charge in [0.15, 0.2) is 0 Å². The highest BCUT2D eigenvalue weighted by atomic mass is 35.5. The Labute approximate surface area is 150 Å². The topological polar surface area (TPSA) is 75.9 Å². The average Bonchev–Trinajstić information content (AvgIpc) is 2.97. The van der Waals surface area contributed by atoms with Crippen molar-refractivity contribution in [1.29, 1.82) is 0 Å². The SMILES string of the molecule is NCC1CN(C(=O)C2CCN(c3cc(Cl)ccc3Cl)C2=O)CCO1. The van der Waals surface area contributed by atoms with Gasteiger partial charge in [0.05, 0.1) is 23.4 Å². The summed E-state index contributed by atoms with van der Waals surface area (Å²) >= 11 is 12.2. The summed E-state index contributed by atoms with van der Waals surface area (Å²) in [5, 5.41) is 0.936. The lowest BCUT2D eigenvalue weighted by molar-refractivity contribution is -0.145. The third kappa shape index (κ3) is 3.37. The van der Waals surface area contributed by atoms with Crippen molar-refractivity contribution in [2.24, 2.45) is 11.7 Å². The van der Waals surface area contributed by atoms with Crippen molar-refractivity contribution in [3.63, 3.8) is 0 Å². The number of amides is 2. The van der Waals surface area contributed by atoms with Crippen molar-refractivity contribution in [3.05, 3.63) is 28.2 Å². The van der Waals surface area contributed by atoms with Gasteiger partial charge in [-0.05, 0) is 24.6 Å². The van der Waals surface area contributed by atoms with Gasteiger partial charge in [0.2, 0.25) is 11.8 Å². The number of morpholine rings is 1. The lowest BCUT2D eigenvalue weighted by atomic mass is 10.1. The Hall–Kier alpha value is -1.34. The van der Waals surface area contributed by atoms with E-state index in [1.54, 1.807) is 23.1 Å². The van der Waals surface area contributed by atoms with Gasteiger partial charge in [0.1, 0.15) is 5.92 Å². The Morgan fingerprint density at radius 3 is 2.88 bits per heavy atom. The van der Waals surface area contributed by atoms with Crippen molar-refractivity contribution in [1.82, 2.24) is 4.90 Å². The van der Waals surface area contributed by atoms with Crippen LogP contribution in [0.2, 0.25) is 10.0 Å². The van der Waals surface area contributed by atoms with E-state index in [1.165, 1.54) is 4.90 Å². The van der Waals surface area contributed by atoms with E-state index < -0.39 is 5.92 Å². The molecular weight excluding hydrogens is 353 g/mol. The van der Waals surface area contributed by atoms with E-state index in [-0.39, 0.29) is 17.9 Å². The molecule has 2 amide bonds. The van der Waals surface area contributed by atoms with Crippen molar-refractivity contribution in [2.45, 2.75) is 12.5 Å². The molecule has 0 spiro atoms. The number of ether oxygens (including phenoxy) is 1. The van der Waals surface area contributed by atoms with Crippen molar-refractivity contribution < 1.29 is 14.3 Å². The first-order valence-corrected chi connectivity index (χ1v) is 8.63. The number of halogens is 2. The molecule has 2 N–H and O–H groups in total. The van der Waals surface area contributed by atoms with Crippen molar-refractivity contribution in [3.8, 4) is 0 Å². The number of anilines is 1. The summed E-state index contributed by atoms with van der Waals surface area (Å²) in [6.07, 6.45) is 0.295. The van der Waals surface area contributed by atoms with E-state index in [9.17, 15) is 9.59 Å². The third-order valence-electron chi connectivity index (χ3n) is 4.42. The number of hydrogen-bond donors (Lipinski definition) is 1. The van der Waals surface area contributed by atoms with Gasteiger partial charge in [-0.3, -0.25) is 9.59 Å². The first-order valence-electron chi connectivity index (χ1n) is 7.88. The summed E-state index contributed by atoms with van der Waals surface area (Å²) in [6, 6.07) is 4.96. The molecule has 2 unspecified atom stereocenters. The van der Waals surface area contributed by atoms with Crippen LogP contribution in [0.5, 0.6) is 0 Å². The van der Waals surface area contributed by atoms with Gasteiger partial charge in [-0.2, -0.15) is 0 Å². The molecule has 2 fully saturated rings. The predicted molar refractivity (Wildman–Crippen MR) is 92.3 cm³/mol. The fraction of sp³-hybridized carbons (Fsp3) is 0.500. The molecule has 130 valence electrons. The highest BCUT2D eigenvalue weighted by Crippen LogP contribution is 2.34. The monoisotopic (exact) mass is 371 g/mol. The van der Waals surface area contributed by atoms with Gasteiger partial charge >= 0.3 is 0 Å². The molecule has 0 bridgehead atoms. The summed E-state index contributed by atoms with van der Waals surface area (Å²) in [5.41, 5.74) is 6.16. The van der Waals surface area contributed by atoms with E-state index in [4.69, 9.17) is 33.7 Å². The van der Waals surface area contributed by atoms with Crippen LogP contribution in [0.4, 0.5) is 5.69 Å². The summed E-state index contributed by atoms with van der Waals surface area (Å²) < 4.78 is 5.47. The Morgan fingerprint density at radius 2 is 2.12 bits per heavy atom. The summed E-state index contributed by atoms with van der Waals surface area (Å²) in [6.45, 7) is 2.15. The summed E-state index contributed by atoms with van der Waals surface area (Å²) in [5.74, 6) is -1.08. The maximum Gasteiger partial charge on any atom is 0.239 e. The van der Waals surface area contributed by atoms with Crippen LogP contribution in [0, 0.1) is 5.92 Å². The van der Waals surface area contributed by atoms with Crippen LogP contribution in [0.15, 0.2) is 18.2 Å². The fourth-order valence-electron chi connectivity index (χ4n) is 3.12. The number of nitrogens with two attached hydrogens (primary N) is 1. The maximum absolute atomic E-state index is 12.7. The minimum absolute atomic E-state index is 0.164. The zero-order chi connectivity index (χ0) is 17.3. The Morgan fingerprint density at radius 1 is 1.33 bits per heavy atom. The van der Waals surface area contributed by atoms with Gasteiger partial charge < -0.3 is 20.3 Å². The second-order valence-corrected chi connectivity index (χ2v) is 6.78. The first-order chi connectivity index (χ1) is 11.5. The Bertz CT molecular complexity index is 655. The molecule has 2 heterocycles. The molecule has 8 heteroatoms. The highest BCUT2D eigenvalue weighted by Gasteiger charge is 2.41. The molecule has 1 aromatic rings. The molecule has 2 saturated heterocycles. The smallest absolute Gasteiger partial charge is 0.239 e. The van der Waals surface area contributed by atoms with E-state index in [1.807, 2.05) is 0 Å². The largest absolute Gasteiger partial charge is 0.373 e. The molecule has 2 aliphatic rings. The second-order valence-electron chi connectivity index (χ2n) is 5.94. The zero-order valence-corrected chi connectivity index (χ0v) is 14.6. The first kappa shape index (κ1) is 17.5. The lowest BCUT2D eigenvalue weighted by Crippen LogP contribution is -2.50. The molecule has 0 radical (unpaired) electrons. The molecule has 3 rings (SSSR count). The third-order valence-corrected chi connectivity index (χ3v) is 4.97. The van der Waals surface area contributed by atoms with Gasteiger partial charge in [-0.25, -0.2) is 0 Å². The quantitative estimate of drug-likeness (QED) is 0.817. The van der Waals surface area contributed by atoms with Crippen LogP contribution >= 0.6 is 23.2 Å². The zero-order valence-electron chi connectivity index (χ0n) is 13.1. The van der Waals surface area contributed by atoms with E-state index in [0.717, 1.165) is 0 Å². The lowest BCUT2D eigenvalue weighted by Gasteiger charge is -2.33. The second kappa shape index (κ2) is 7.27. The normalized spacial score (nSPS) is 24.5. The van der Waals surface area contributed by atoms with Crippen LogP contribution in [0.1, 0.15) is 6.42 Å². The van der Waals surface area contributed by atoms with Crippen molar-refractivity contribution in [2.75, 3.05) is 37.7 Å². The van der Waals surface area contributed by atoms with Gasteiger partial charge in [-0.15, -0.1) is 0 Å². The molecule has 0 saturated carbocycles. The summed E-state index contributed by atoms with van der Waals surface area (Å²) in [7, 11) is 0.